The second-order valence-corrected chi connectivity index (χ2v) is 7.81. The summed E-state index contributed by atoms with van der Waals surface area (Å²) in [6, 6.07) is 11.1. The molecule has 2 fully saturated rings. The Labute approximate surface area is 154 Å². The number of benzene rings is 1. The van der Waals surface area contributed by atoms with Crippen LogP contribution in [0.5, 0.6) is 0 Å². The quantitative estimate of drug-likeness (QED) is 0.762. The summed E-state index contributed by atoms with van der Waals surface area (Å²) in [6.07, 6.45) is 5.49. The highest BCUT2D eigenvalue weighted by atomic mass is 19.3. The van der Waals surface area contributed by atoms with Crippen LogP contribution in [0.25, 0.3) is 11.3 Å². The number of nitrogens with zero attached hydrogens (tertiary/aromatic N) is 3. The van der Waals surface area contributed by atoms with E-state index in [0.717, 1.165) is 37.2 Å². The van der Waals surface area contributed by atoms with Crippen molar-refractivity contribution in [1.82, 2.24) is 14.5 Å². The molecule has 2 aromatic rings. The van der Waals surface area contributed by atoms with Crippen LogP contribution in [0, 0.1) is 6.92 Å². The van der Waals surface area contributed by atoms with Crippen molar-refractivity contribution in [3.05, 3.63) is 42.4 Å². The van der Waals surface area contributed by atoms with Crippen LogP contribution < -0.4 is 0 Å². The van der Waals surface area contributed by atoms with Gasteiger partial charge in [-0.25, -0.2) is 13.8 Å². The van der Waals surface area contributed by atoms with Gasteiger partial charge in [0.1, 0.15) is 0 Å². The molecule has 1 aliphatic heterocycles. The molecule has 1 aliphatic carbocycles. The maximum Gasteiger partial charge on any atom is 0.248 e. The van der Waals surface area contributed by atoms with Crippen LogP contribution in [0.3, 0.4) is 0 Å². The summed E-state index contributed by atoms with van der Waals surface area (Å²) < 4.78 is 29.1. The maximum atomic E-state index is 13.4. The minimum Gasteiger partial charge on any atom is -0.331 e. The molecule has 2 aliphatic rings. The van der Waals surface area contributed by atoms with Gasteiger partial charge in [-0.05, 0) is 32.6 Å². The fourth-order valence-electron chi connectivity index (χ4n) is 4.59. The molecule has 0 atom stereocenters. The smallest absolute Gasteiger partial charge is 0.248 e. The predicted molar refractivity (Wildman–Crippen MR) is 99.4 cm³/mol. The molecule has 0 spiro atoms. The molecule has 0 bridgehead atoms. The molecule has 140 valence electrons. The third-order valence-electron chi connectivity index (χ3n) is 6.18. The SMILES string of the molecule is Cc1c(-c2ccccc2)ncn1C1CCN(C2CCC(F)(F)CC2)CC1. The summed E-state index contributed by atoms with van der Waals surface area (Å²) in [6.45, 7) is 4.14. The normalized spacial score (nSPS) is 22.6. The lowest BCUT2D eigenvalue weighted by Crippen LogP contribution is -2.45. The Bertz CT molecular complexity index is 723. The van der Waals surface area contributed by atoms with Gasteiger partial charge in [0, 0.05) is 49.3 Å². The summed E-state index contributed by atoms with van der Waals surface area (Å²) in [5, 5.41) is 0. The molecule has 0 unspecified atom stereocenters. The van der Waals surface area contributed by atoms with E-state index in [1.165, 1.54) is 5.69 Å². The van der Waals surface area contributed by atoms with Gasteiger partial charge < -0.3 is 9.47 Å². The van der Waals surface area contributed by atoms with E-state index < -0.39 is 5.92 Å². The number of piperidine rings is 1. The van der Waals surface area contributed by atoms with E-state index in [0.29, 0.717) is 24.9 Å². The van der Waals surface area contributed by atoms with Gasteiger partial charge >= 0.3 is 0 Å². The van der Waals surface area contributed by atoms with Crippen molar-refractivity contribution in [2.45, 2.75) is 63.5 Å². The van der Waals surface area contributed by atoms with Crippen molar-refractivity contribution in [2.24, 2.45) is 0 Å². The fourth-order valence-corrected chi connectivity index (χ4v) is 4.59. The first-order valence-corrected chi connectivity index (χ1v) is 9.74. The van der Waals surface area contributed by atoms with E-state index in [1.54, 1.807) is 0 Å². The number of hydrogen-bond donors (Lipinski definition) is 0. The number of hydrogen-bond acceptors (Lipinski definition) is 2. The zero-order valence-corrected chi connectivity index (χ0v) is 15.4. The Hall–Kier alpha value is -1.75. The second-order valence-electron chi connectivity index (χ2n) is 7.81. The Balaban J connectivity index is 1.39. The van der Waals surface area contributed by atoms with Gasteiger partial charge in [0.25, 0.3) is 0 Å². The minimum atomic E-state index is -2.43. The highest BCUT2D eigenvalue weighted by molar-refractivity contribution is 5.61. The molecule has 0 amide bonds. The van der Waals surface area contributed by atoms with E-state index in [1.807, 2.05) is 24.5 Å². The summed E-state index contributed by atoms with van der Waals surface area (Å²) in [4.78, 5) is 7.09. The minimum absolute atomic E-state index is 0.0542. The molecule has 1 saturated carbocycles. The molecule has 5 heteroatoms. The standard InChI is InChI=1S/C21H27F2N3/c1-16-20(17-5-3-2-4-6-17)24-15-26(16)19-9-13-25(14-10-19)18-7-11-21(22,23)12-8-18/h2-6,15,18-19H,7-14H2,1H3. The molecule has 1 saturated heterocycles. The molecule has 3 nitrogen and oxygen atoms in total. The third kappa shape index (κ3) is 3.54. The van der Waals surface area contributed by atoms with Crippen LogP contribution in [0.2, 0.25) is 0 Å². The highest BCUT2D eigenvalue weighted by Gasteiger charge is 2.37. The molecular formula is C21H27F2N3. The third-order valence-corrected chi connectivity index (χ3v) is 6.18. The van der Waals surface area contributed by atoms with Crippen molar-refractivity contribution in [1.29, 1.82) is 0 Å². The zero-order chi connectivity index (χ0) is 18.1. The maximum absolute atomic E-state index is 13.4. The summed E-state index contributed by atoms with van der Waals surface area (Å²) in [5.41, 5.74) is 3.43. The largest absolute Gasteiger partial charge is 0.331 e. The fraction of sp³-hybridized carbons (Fsp3) is 0.571. The monoisotopic (exact) mass is 359 g/mol. The van der Waals surface area contributed by atoms with Crippen molar-refractivity contribution in [3.63, 3.8) is 0 Å². The molecule has 1 aromatic carbocycles. The van der Waals surface area contributed by atoms with Gasteiger partial charge in [0.05, 0.1) is 12.0 Å². The topological polar surface area (TPSA) is 21.1 Å². The first-order chi connectivity index (χ1) is 12.5. The van der Waals surface area contributed by atoms with E-state index in [9.17, 15) is 8.78 Å². The molecule has 26 heavy (non-hydrogen) atoms. The zero-order valence-electron chi connectivity index (χ0n) is 15.4. The van der Waals surface area contributed by atoms with Gasteiger partial charge in [-0.15, -0.1) is 0 Å². The van der Waals surface area contributed by atoms with Crippen molar-refractivity contribution < 1.29 is 8.78 Å². The lowest BCUT2D eigenvalue weighted by atomic mass is 9.89. The molecular weight excluding hydrogens is 332 g/mol. The average Bonchev–Trinajstić information content (AvgIpc) is 3.04. The Morgan fingerprint density at radius 3 is 2.27 bits per heavy atom. The number of rotatable bonds is 3. The van der Waals surface area contributed by atoms with Crippen LogP contribution >= 0.6 is 0 Å². The van der Waals surface area contributed by atoms with Gasteiger partial charge in [-0.3, -0.25) is 0 Å². The van der Waals surface area contributed by atoms with E-state index >= 15 is 0 Å². The van der Waals surface area contributed by atoms with Crippen molar-refractivity contribution in [2.75, 3.05) is 13.1 Å². The number of alkyl halides is 2. The van der Waals surface area contributed by atoms with Crippen LogP contribution in [-0.2, 0) is 0 Å². The number of aromatic nitrogens is 2. The molecule has 0 N–H and O–H groups in total. The van der Waals surface area contributed by atoms with E-state index in [4.69, 9.17) is 0 Å². The van der Waals surface area contributed by atoms with Crippen molar-refractivity contribution in [3.8, 4) is 11.3 Å². The van der Waals surface area contributed by atoms with Crippen LogP contribution in [0.4, 0.5) is 8.78 Å². The molecule has 0 radical (unpaired) electrons. The Kier molecular flexibility index (Phi) is 4.82. The number of halogens is 2. The predicted octanol–water partition coefficient (Wildman–Crippen LogP) is 5.07. The van der Waals surface area contributed by atoms with Crippen LogP contribution in [-0.4, -0.2) is 39.5 Å². The lowest BCUT2D eigenvalue weighted by Gasteiger charge is -2.41. The van der Waals surface area contributed by atoms with Gasteiger partial charge in [-0.1, -0.05) is 30.3 Å². The average molecular weight is 359 g/mol. The summed E-state index contributed by atoms with van der Waals surface area (Å²) in [7, 11) is 0. The Morgan fingerprint density at radius 1 is 0.962 bits per heavy atom. The van der Waals surface area contributed by atoms with Gasteiger partial charge in [-0.2, -0.15) is 0 Å². The van der Waals surface area contributed by atoms with E-state index in [2.05, 4.69) is 33.5 Å². The lowest BCUT2D eigenvalue weighted by molar-refractivity contribution is -0.0565. The first kappa shape index (κ1) is 17.7. The van der Waals surface area contributed by atoms with Crippen LogP contribution in [0.1, 0.15) is 50.3 Å². The molecule has 1 aromatic heterocycles. The number of likely N-dealkylation sites (tertiary alicyclic amines) is 1. The van der Waals surface area contributed by atoms with Gasteiger partial charge in [0.2, 0.25) is 5.92 Å². The highest BCUT2D eigenvalue weighted by Crippen LogP contribution is 2.37. The molecule has 4 rings (SSSR count). The number of imidazole rings is 1. The first-order valence-electron chi connectivity index (χ1n) is 9.74. The summed E-state index contributed by atoms with van der Waals surface area (Å²) in [5.74, 6) is -2.43. The second kappa shape index (κ2) is 7.10. The van der Waals surface area contributed by atoms with Crippen LogP contribution in [0.15, 0.2) is 36.7 Å². The van der Waals surface area contributed by atoms with Gasteiger partial charge in [0.15, 0.2) is 0 Å². The molecule has 2 heterocycles. The Morgan fingerprint density at radius 2 is 1.62 bits per heavy atom. The van der Waals surface area contributed by atoms with Crippen molar-refractivity contribution >= 4 is 0 Å². The van der Waals surface area contributed by atoms with E-state index in [-0.39, 0.29) is 12.8 Å². The summed E-state index contributed by atoms with van der Waals surface area (Å²) >= 11 is 0.